The normalized spacial score (nSPS) is 11.4. The Balaban J connectivity index is 1.61. The zero-order chi connectivity index (χ0) is 22.3. The van der Waals surface area contributed by atoms with Gasteiger partial charge in [-0.1, -0.05) is 30.3 Å². The van der Waals surface area contributed by atoms with Gasteiger partial charge in [0.25, 0.3) is 0 Å². The van der Waals surface area contributed by atoms with E-state index in [0.29, 0.717) is 34.3 Å². The Kier molecular flexibility index (Phi) is 7.07. The first-order valence-corrected chi connectivity index (χ1v) is 9.36. The topological polar surface area (TPSA) is 36.9 Å². The Hall–Kier alpha value is -3.61. The summed E-state index contributed by atoms with van der Waals surface area (Å²) >= 11 is 0. The van der Waals surface area contributed by atoms with Crippen LogP contribution in [0.15, 0.2) is 72.8 Å². The third kappa shape index (κ3) is 5.94. The van der Waals surface area contributed by atoms with Gasteiger partial charge in [0.2, 0.25) is 5.75 Å². The molecule has 162 valence electrons. The van der Waals surface area contributed by atoms with Crippen molar-refractivity contribution in [2.75, 3.05) is 20.8 Å². The molecule has 4 nitrogen and oxygen atoms in total. The van der Waals surface area contributed by atoms with E-state index in [1.54, 1.807) is 61.7 Å². The van der Waals surface area contributed by atoms with Crippen LogP contribution in [-0.2, 0) is 6.18 Å². The molecular formula is C24H21F3O4. The van der Waals surface area contributed by atoms with E-state index in [9.17, 15) is 13.2 Å². The van der Waals surface area contributed by atoms with Crippen LogP contribution in [-0.4, -0.2) is 20.8 Å². The Morgan fingerprint density at radius 1 is 0.806 bits per heavy atom. The monoisotopic (exact) mass is 430 g/mol. The molecule has 0 atom stereocenters. The molecule has 3 aromatic carbocycles. The maximum absolute atomic E-state index is 12.6. The Morgan fingerprint density at radius 2 is 1.48 bits per heavy atom. The lowest BCUT2D eigenvalue weighted by Gasteiger charge is -2.13. The second kappa shape index (κ2) is 9.93. The Labute approximate surface area is 178 Å². The lowest BCUT2D eigenvalue weighted by Crippen LogP contribution is -2.03. The van der Waals surface area contributed by atoms with E-state index < -0.39 is 11.7 Å². The van der Waals surface area contributed by atoms with Crippen LogP contribution >= 0.6 is 0 Å². The van der Waals surface area contributed by atoms with E-state index in [2.05, 4.69) is 0 Å². The molecule has 0 spiro atoms. The molecule has 3 aromatic rings. The number of para-hydroxylation sites is 1. The van der Waals surface area contributed by atoms with Crippen molar-refractivity contribution in [3.63, 3.8) is 0 Å². The first-order valence-electron chi connectivity index (χ1n) is 9.36. The highest BCUT2D eigenvalue weighted by atomic mass is 19.4. The second-order valence-corrected chi connectivity index (χ2v) is 6.40. The number of hydrogen-bond donors (Lipinski definition) is 0. The third-order valence-corrected chi connectivity index (χ3v) is 4.29. The number of methoxy groups -OCH3 is 2. The quantitative estimate of drug-likeness (QED) is 0.403. The summed E-state index contributed by atoms with van der Waals surface area (Å²) in [6.07, 6.45) is -0.920. The van der Waals surface area contributed by atoms with Gasteiger partial charge in [-0.2, -0.15) is 13.2 Å². The first-order chi connectivity index (χ1) is 14.9. The summed E-state index contributed by atoms with van der Waals surface area (Å²) in [4.78, 5) is 0. The lowest BCUT2D eigenvalue weighted by molar-refractivity contribution is -0.137. The minimum Gasteiger partial charge on any atom is -0.493 e. The van der Waals surface area contributed by atoms with Gasteiger partial charge in [-0.3, -0.25) is 0 Å². The molecule has 0 aromatic heterocycles. The van der Waals surface area contributed by atoms with Crippen molar-refractivity contribution in [1.29, 1.82) is 0 Å². The fourth-order valence-corrected chi connectivity index (χ4v) is 2.80. The van der Waals surface area contributed by atoms with Gasteiger partial charge in [0.05, 0.1) is 19.8 Å². The maximum atomic E-state index is 12.6. The van der Waals surface area contributed by atoms with Gasteiger partial charge in [0.1, 0.15) is 18.1 Å². The van der Waals surface area contributed by atoms with Crippen molar-refractivity contribution in [3.8, 4) is 28.7 Å². The van der Waals surface area contributed by atoms with Crippen LogP contribution in [0.25, 0.3) is 6.08 Å². The van der Waals surface area contributed by atoms with Crippen LogP contribution in [0.4, 0.5) is 13.2 Å². The molecule has 0 unspecified atom stereocenters. The van der Waals surface area contributed by atoms with Gasteiger partial charge < -0.3 is 18.9 Å². The van der Waals surface area contributed by atoms with Gasteiger partial charge in [-0.15, -0.1) is 0 Å². The summed E-state index contributed by atoms with van der Waals surface area (Å²) in [7, 11) is 3.08. The zero-order valence-corrected chi connectivity index (χ0v) is 17.0. The van der Waals surface area contributed by atoms with Crippen molar-refractivity contribution in [2.24, 2.45) is 0 Å². The molecule has 31 heavy (non-hydrogen) atoms. The minimum absolute atomic E-state index is 0.243. The largest absolute Gasteiger partial charge is 0.493 e. The highest BCUT2D eigenvalue weighted by Crippen LogP contribution is 2.39. The molecule has 0 bridgehead atoms. The van der Waals surface area contributed by atoms with Crippen molar-refractivity contribution in [1.82, 2.24) is 0 Å². The number of rotatable bonds is 8. The molecule has 0 N–H and O–H groups in total. The summed E-state index contributed by atoms with van der Waals surface area (Å²) in [6.45, 7) is 0.243. The SMILES string of the molecule is COc1cccc(Oc2cccc(OC/C=C/c3ccc(C(F)(F)F)cc3)c2)c1OC. The van der Waals surface area contributed by atoms with E-state index in [1.165, 1.54) is 19.2 Å². The average molecular weight is 430 g/mol. The van der Waals surface area contributed by atoms with Gasteiger partial charge in [0.15, 0.2) is 11.5 Å². The maximum Gasteiger partial charge on any atom is 0.416 e. The third-order valence-electron chi connectivity index (χ3n) is 4.29. The zero-order valence-electron chi connectivity index (χ0n) is 17.0. The predicted molar refractivity (Wildman–Crippen MR) is 112 cm³/mol. The minimum atomic E-state index is -4.34. The second-order valence-electron chi connectivity index (χ2n) is 6.40. The van der Waals surface area contributed by atoms with Crippen molar-refractivity contribution in [3.05, 3.63) is 83.9 Å². The van der Waals surface area contributed by atoms with Crippen molar-refractivity contribution >= 4 is 6.08 Å². The van der Waals surface area contributed by atoms with Gasteiger partial charge in [-0.25, -0.2) is 0 Å². The summed E-state index contributed by atoms with van der Waals surface area (Å²) in [5.74, 6) is 2.67. The highest BCUT2D eigenvalue weighted by molar-refractivity contribution is 5.53. The summed E-state index contributed by atoms with van der Waals surface area (Å²) in [5.41, 5.74) is -0.0239. The summed E-state index contributed by atoms with van der Waals surface area (Å²) in [6, 6.07) is 17.3. The van der Waals surface area contributed by atoms with E-state index in [0.717, 1.165) is 12.1 Å². The van der Waals surface area contributed by atoms with E-state index in [4.69, 9.17) is 18.9 Å². The Morgan fingerprint density at radius 3 is 2.16 bits per heavy atom. The highest BCUT2D eigenvalue weighted by Gasteiger charge is 2.29. The predicted octanol–water partition coefficient (Wildman–Crippen LogP) is 6.61. The molecule has 0 radical (unpaired) electrons. The molecule has 0 fully saturated rings. The standard InChI is InChI=1S/C24H21F3O4/c1-28-21-9-4-10-22(23(21)29-2)31-20-8-3-7-19(16-20)30-15-5-6-17-11-13-18(14-12-17)24(25,26)27/h3-14,16H,15H2,1-2H3/b6-5+. The smallest absolute Gasteiger partial charge is 0.416 e. The molecule has 0 amide bonds. The molecule has 0 heterocycles. The van der Waals surface area contributed by atoms with Crippen LogP contribution < -0.4 is 18.9 Å². The van der Waals surface area contributed by atoms with Gasteiger partial charge in [0, 0.05) is 6.07 Å². The molecule has 0 aliphatic rings. The molecule has 0 saturated heterocycles. The fourth-order valence-electron chi connectivity index (χ4n) is 2.80. The van der Waals surface area contributed by atoms with Crippen LogP contribution in [0.1, 0.15) is 11.1 Å². The van der Waals surface area contributed by atoms with Crippen LogP contribution in [0.3, 0.4) is 0 Å². The molecule has 0 saturated carbocycles. The van der Waals surface area contributed by atoms with Crippen LogP contribution in [0.5, 0.6) is 28.7 Å². The summed E-state index contributed by atoms with van der Waals surface area (Å²) < 4.78 is 60.0. The van der Waals surface area contributed by atoms with E-state index >= 15 is 0 Å². The fraction of sp³-hybridized carbons (Fsp3) is 0.167. The lowest BCUT2D eigenvalue weighted by atomic mass is 10.1. The van der Waals surface area contributed by atoms with Crippen LogP contribution in [0, 0.1) is 0 Å². The first kappa shape index (κ1) is 22.1. The Bertz CT molecular complexity index is 1030. The van der Waals surface area contributed by atoms with Crippen molar-refractivity contribution in [2.45, 2.75) is 6.18 Å². The molecule has 0 aliphatic heterocycles. The van der Waals surface area contributed by atoms with Gasteiger partial charge in [-0.05, 0) is 48.0 Å². The number of hydrogen-bond acceptors (Lipinski definition) is 4. The molecule has 7 heteroatoms. The molecule has 0 aliphatic carbocycles. The number of halogens is 3. The van der Waals surface area contributed by atoms with E-state index in [1.807, 2.05) is 0 Å². The number of ether oxygens (including phenoxy) is 4. The van der Waals surface area contributed by atoms with E-state index in [-0.39, 0.29) is 6.61 Å². The summed E-state index contributed by atoms with van der Waals surface area (Å²) in [5, 5.41) is 0. The molecule has 3 rings (SSSR count). The molecular weight excluding hydrogens is 409 g/mol. The average Bonchev–Trinajstić information content (AvgIpc) is 2.76. The van der Waals surface area contributed by atoms with Gasteiger partial charge >= 0.3 is 6.18 Å². The number of benzene rings is 3. The van der Waals surface area contributed by atoms with Crippen molar-refractivity contribution < 1.29 is 32.1 Å². The number of alkyl halides is 3. The van der Waals surface area contributed by atoms with Crippen LogP contribution in [0.2, 0.25) is 0 Å².